The maximum Gasteiger partial charge on any atom is 0.499 e. The molecule has 51 heavy (non-hydrogen) atoms. The molecule has 0 saturated carbocycles. The number of hydrogen-bond donors (Lipinski definition) is 1. The van der Waals surface area contributed by atoms with E-state index in [0.717, 1.165) is 36.3 Å². The van der Waals surface area contributed by atoms with Gasteiger partial charge in [0.1, 0.15) is 0 Å². The van der Waals surface area contributed by atoms with Crippen molar-refractivity contribution in [2.45, 2.75) is 120 Å². The fraction of sp³-hybridized carbons (Fsp3) is 0.676. The van der Waals surface area contributed by atoms with Crippen molar-refractivity contribution in [2.75, 3.05) is 42.7 Å². The maximum absolute atomic E-state index is 15.4. The van der Waals surface area contributed by atoms with Crippen LogP contribution in [0.15, 0.2) is 48.5 Å². The molecular formula is C37H71FO7Si6. The lowest BCUT2D eigenvalue weighted by atomic mass is 10.1. The third-order valence-electron chi connectivity index (χ3n) is 11.6. The molecule has 2 rings (SSSR count). The Labute approximate surface area is 316 Å². The van der Waals surface area contributed by atoms with Crippen molar-refractivity contribution >= 4 is 70.7 Å². The lowest BCUT2D eigenvalue weighted by Gasteiger charge is -2.30. The second kappa shape index (κ2) is 19.3. The highest BCUT2D eigenvalue weighted by atomic mass is 28.4. The monoisotopic (exact) mass is 814 g/mol. The van der Waals surface area contributed by atoms with Gasteiger partial charge in [-0.15, -0.1) is 0 Å². The number of aliphatic hydroxyl groups is 1. The van der Waals surface area contributed by atoms with Crippen LogP contribution in [0.1, 0.15) is 25.7 Å². The quantitative estimate of drug-likeness (QED) is 0.114. The molecule has 0 radical (unpaired) electrons. The molecule has 292 valence electrons. The molecule has 2 aromatic carbocycles. The number of hydrogen-bond acceptors (Lipinski definition) is 7. The van der Waals surface area contributed by atoms with Gasteiger partial charge in [0.15, 0.2) is 0 Å². The van der Waals surface area contributed by atoms with Gasteiger partial charge in [0.2, 0.25) is 5.85 Å². The molecule has 0 unspecified atom stereocenters. The van der Waals surface area contributed by atoms with Crippen molar-refractivity contribution in [2.24, 2.45) is 0 Å². The zero-order valence-corrected chi connectivity index (χ0v) is 40.5. The summed E-state index contributed by atoms with van der Waals surface area (Å²) in [5.74, 6) is -2.12. The molecule has 7 nitrogen and oxygen atoms in total. The molecule has 0 saturated heterocycles. The van der Waals surface area contributed by atoms with Gasteiger partial charge < -0.3 is 31.7 Å². The first-order valence-electron chi connectivity index (χ1n) is 18.6. The summed E-state index contributed by atoms with van der Waals surface area (Å²) in [5.41, 5.74) is 0. The molecule has 14 heteroatoms. The summed E-state index contributed by atoms with van der Waals surface area (Å²) in [6.45, 7) is 19.0. The molecule has 0 aliphatic carbocycles. The van der Waals surface area contributed by atoms with E-state index in [9.17, 15) is 5.11 Å². The van der Waals surface area contributed by atoms with Gasteiger partial charge in [-0.3, -0.25) is 0 Å². The summed E-state index contributed by atoms with van der Waals surface area (Å²) in [6, 6.07) is 23.9. The molecule has 0 aliphatic heterocycles. The highest BCUT2D eigenvalue weighted by molar-refractivity contribution is 6.92. The molecule has 0 atom stereocenters. The minimum Gasteiger partial charge on any atom is -0.377 e. The van der Waals surface area contributed by atoms with Crippen LogP contribution < -0.4 is 20.7 Å². The highest BCUT2D eigenvalue weighted by Gasteiger charge is 2.41. The van der Waals surface area contributed by atoms with Crippen molar-refractivity contribution in [3.05, 3.63) is 48.5 Å². The Kier molecular flexibility index (Phi) is 17.6. The third kappa shape index (κ3) is 13.3. The minimum atomic E-state index is -2.60. The Hall–Kier alpha value is -0.609. The van der Waals surface area contributed by atoms with E-state index in [4.69, 9.17) is 26.6 Å². The van der Waals surface area contributed by atoms with Crippen LogP contribution in [-0.2, 0) is 26.6 Å². The van der Waals surface area contributed by atoms with Crippen LogP contribution >= 0.6 is 0 Å². The Morgan fingerprint density at radius 1 is 0.431 bits per heavy atom. The summed E-state index contributed by atoms with van der Waals surface area (Å²) < 4.78 is 49.4. The van der Waals surface area contributed by atoms with Gasteiger partial charge in [0.25, 0.3) is 0 Å². The third-order valence-corrected chi connectivity index (χ3v) is 31.8. The van der Waals surface area contributed by atoms with Gasteiger partial charge in [0.05, 0.1) is 32.3 Å². The van der Waals surface area contributed by atoms with Crippen LogP contribution in [-0.4, -0.2) is 104 Å². The fourth-order valence-corrected chi connectivity index (χ4v) is 24.3. The second-order valence-corrected chi connectivity index (χ2v) is 42.5. The maximum atomic E-state index is 15.4. The van der Waals surface area contributed by atoms with Crippen molar-refractivity contribution in [3.8, 4) is 0 Å². The van der Waals surface area contributed by atoms with E-state index in [1.54, 1.807) is 42.7 Å². The van der Waals surface area contributed by atoms with Crippen LogP contribution in [0.25, 0.3) is 0 Å². The summed E-state index contributed by atoms with van der Waals surface area (Å²) in [7, 11) is -2.18. The molecule has 0 heterocycles. The molecule has 0 spiro atoms. The largest absolute Gasteiger partial charge is 0.499 e. The Morgan fingerprint density at radius 2 is 0.647 bits per heavy atom. The van der Waals surface area contributed by atoms with Crippen LogP contribution in [0, 0.1) is 0 Å². The normalized spacial score (nSPS) is 14.0. The average molecular weight is 815 g/mol. The molecule has 0 amide bonds. The number of halogens is 1. The first kappa shape index (κ1) is 46.5. The number of alkyl halides is 1. The van der Waals surface area contributed by atoms with Gasteiger partial charge in [-0.25, -0.2) is 4.39 Å². The standard InChI is InChI=1S/C37H71FO7Si6/c1-40-50(41-2,42-3)31-29-48(11,12)35-21-17-33(18-22-35)46(7,8)27-15-25-37(38,39)26-16-28-47(9,10)34-19-23-36(24-20-34)49(13,14)30-32-51(43-4,44-5)45-6/h17-24,39H,15-16,25-32H2,1-14H3. The number of rotatable bonds is 24. The van der Waals surface area contributed by atoms with Gasteiger partial charge in [0, 0.05) is 67.6 Å². The van der Waals surface area contributed by atoms with Crippen molar-refractivity contribution < 1.29 is 36.1 Å². The van der Waals surface area contributed by atoms with Crippen LogP contribution in [0.3, 0.4) is 0 Å². The van der Waals surface area contributed by atoms with Crippen molar-refractivity contribution in [1.82, 2.24) is 0 Å². The first-order valence-corrected chi connectivity index (χ1v) is 35.3. The van der Waals surface area contributed by atoms with Gasteiger partial charge in [-0.1, -0.05) is 134 Å². The summed E-state index contributed by atoms with van der Waals surface area (Å²) >= 11 is 0. The predicted molar refractivity (Wildman–Crippen MR) is 228 cm³/mol. The van der Waals surface area contributed by atoms with E-state index in [2.05, 4.69) is 101 Å². The molecule has 0 fully saturated rings. The van der Waals surface area contributed by atoms with Gasteiger partial charge >= 0.3 is 17.6 Å². The van der Waals surface area contributed by atoms with E-state index >= 15 is 4.39 Å². The lowest BCUT2D eigenvalue weighted by molar-refractivity contribution is -0.101. The van der Waals surface area contributed by atoms with Crippen LogP contribution in [0.2, 0.25) is 88.6 Å². The number of benzene rings is 2. The molecular weight excluding hydrogens is 744 g/mol. The second-order valence-electron chi connectivity index (χ2n) is 16.9. The summed E-state index contributed by atoms with van der Waals surface area (Å²) in [5, 5.41) is 16.3. The van der Waals surface area contributed by atoms with E-state index in [0.29, 0.717) is 12.8 Å². The van der Waals surface area contributed by atoms with E-state index in [1.807, 2.05) is 0 Å². The summed E-state index contributed by atoms with van der Waals surface area (Å²) in [4.78, 5) is 0. The SMILES string of the molecule is CO[Si](CC[Si](C)(C)c1ccc([Si](C)(C)CCCC(O)(F)CCC[Si](C)(C)c2ccc([Si](C)(C)CC[Si](OC)(OC)OC)cc2)cc1)(OC)OC. The molecule has 0 bridgehead atoms. The smallest absolute Gasteiger partial charge is 0.377 e. The fourth-order valence-electron chi connectivity index (χ4n) is 7.09. The van der Waals surface area contributed by atoms with Crippen molar-refractivity contribution in [1.29, 1.82) is 0 Å². The predicted octanol–water partition coefficient (Wildman–Crippen LogP) is 7.02. The van der Waals surface area contributed by atoms with E-state index in [1.165, 1.54) is 20.7 Å². The Bertz CT molecular complexity index is 1200. The van der Waals surface area contributed by atoms with E-state index < -0.39 is 55.8 Å². The van der Waals surface area contributed by atoms with Gasteiger partial charge in [-0.05, 0) is 24.9 Å². The van der Waals surface area contributed by atoms with Crippen LogP contribution in [0.4, 0.5) is 4.39 Å². The average Bonchev–Trinajstić information content (AvgIpc) is 3.09. The summed E-state index contributed by atoms with van der Waals surface area (Å²) in [6.07, 6.45) is 1.77. The Balaban J connectivity index is 1.91. The van der Waals surface area contributed by atoms with Crippen LogP contribution in [0.5, 0.6) is 0 Å². The van der Waals surface area contributed by atoms with Gasteiger partial charge in [-0.2, -0.15) is 0 Å². The molecule has 1 N–H and O–H groups in total. The minimum absolute atomic E-state index is 0.196. The molecule has 0 aliphatic rings. The topological polar surface area (TPSA) is 75.6 Å². The zero-order chi connectivity index (χ0) is 38.8. The first-order chi connectivity index (χ1) is 23.6. The van der Waals surface area contributed by atoms with E-state index in [-0.39, 0.29) is 12.8 Å². The Morgan fingerprint density at radius 3 is 0.863 bits per heavy atom. The lowest BCUT2D eigenvalue weighted by Crippen LogP contribution is -2.49. The van der Waals surface area contributed by atoms with Crippen molar-refractivity contribution in [3.63, 3.8) is 0 Å². The molecule has 0 aromatic heterocycles. The zero-order valence-electron chi connectivity index (χ0n) is 34.5. The molecule has 2 aromatic rings. The highest BCUT2D eigenvalue weighted by Crippen LogP contribution is 2.28.